The molecule has 2 N–H and O–H groups in total. The second-order valence-electron chi connectivity index (χ2n) is 4.19. The van der Waals surface area contributed by atoms with Crippen molar-refractivity contribution >= 4 is 29.5 Å². The number of hydrogen-bond donors (Lipinski definition) is 2. The van der Waals surface area contributed by atoms with Crippen LogP contribution in [0.25, 0.3) is 5.65 Å². The van der Waals surface area contributed by atoms with E-state index >= 15 is 0 Å². The van der Waals surface area contributed by atoms with E-state index in [1.165, 1.54) is 27.7 Å². The Kier molecular flexibility index (Phi) is 2.60. The molecule has 0 atom stereocenters. The van der Waals surface area contributed by atoms with E-state index in [2.05, 4.69) is 15.4 Å². The Bertz CT molecular complexity index is 737. The van der Waals surface area contributed by atoms with Gasteiger partial charge in [0.25, 0.3) is 5.95 Å². The van der Waals surface area contributed by atoms with Crippen LogP contribution < -0.4 is 10.2 Å². The lowest BCUT2D eigenvalue weighted by Gasteiger charge is -2.22. The summed E-state index contributed by atoms with van der Waals surface area (Å²) in [6, 6.07) is 2.30. The first-order chi connectivity index (χ1) is 9.54. The zero-order valence-corrected chi connectivity index (χ0v) is 10.1. The summed E-state index contributed by atoms with van der Waals surface area (Å²) in [6.07, 6.45) is 1.48. The normalized spacial score (nSPS) is 15.5. The standard InChI is InChI=1S/C11H9N5O4/c17-8-3-4-15(11(20)13-8)10-12-7-2-1-6(9(18)19)5-16(7)14-10/h1-2,5H,3-4H2,(H,18,19)(H,13,17,20). The summed E-state index contributed by atoms with van der Waals surface area (Å²) >= 11 is 0. The first kappa shape index (κ1) is 12.1. The lowest BCUT2D eigenvalue weighted by Crippen LogP contribution is -2.50. The van der Waals surface area contributed by atoms with Crippen LogP contribution in [-0.2, 0) is 4.79 Å². The lowest BCUT2D eigenvalue weighted by molar-refractivity contribution is -0.120. The first-order valence-corrected chi connectivity index (χ1v) is 5.75. The molecule has 1 aliphatic rings. The van der Waals surface area contributed by atoms with Crippen molar-refractivity contribution < 1.29 is 19.5 Å². The third-order valence-electron chi connectivity index (χ3n) is 2.86. The van der Waals surface area contributed by atoms with Crippen LogP contribution in [0, 0.1) is 0 Å². The predicted octanol–water partition coefficient (Wildman–Crippen LogP) is -0.126. The van der Waals surface area contributed by atoms with Crippen LogP contribution in [0.5, 0.6) is 0 Å². The molecular weight excluding hydrogens is 266 g/mol. The number of nitrogens with one attached hydrogen (secondary N) is 1. The maximum absolute atomic E-state index is 11.7. The van der Waals surface area contributed by atoms with Gasteiger partial charge in [-0.3, -0.25) is 15.0 Å². The monoisotopic (exact) mass is 275 g/mol. The third-order valence-corrected chi connectivity index (χ3v) is 2.86. The number of imide groups is 1. The molecule has 0 aromatic carbocycles. The van der Waals surface area contributed by atoms with Gasteiger partial charge in [0.1, 0.15) is 0 Å². The molecule has 20 heavy (non-hydrogen) atoms. The number of carbonyl (C=O) groups is 3. The highest BCUT2D eigenvalue weighted by atomic mass is 16.4. The Morgan fingerprint density at radius 1 is 1.35 bits per heavy atom. The minimum absolute atomic E-state index is 0.0622. The van der Waals surface area contributed by atoms with Crippen LogP contribution in [0.15, 0.2) is 18.3 Å². The van der Waals surface area contributed by atoms with Gasteiger partial charge < -0.3 is 5.11 Å². The zero-order chi connectivity index (χ0) is 14.3. The second-order valence-corrected chi connectivity index (χ2v) is 4.19. The fraction of sp³-hybridized carbons (Fsp3) is 0.182. The quantitative estimate of drug-likeness (QED) is 0.788. The van der Waals surface area contributed by atoms with Crippen molar-refractivity contribution in [2.24, 2.45) is 0 Å². The van der Waals surface area contributed by atoms with Gasteiger partial charge in [-0.25, -0.2) is 14.1 Å². The van der Waals surface area contributed by atoms with Gasteiger partial charge in [-0.05, 0) is 12.1 Å². The number of nitrogens with zero attached hydrogens (tertiary/aromatic N) is 4. The van der Waals surface area contributed by atoms with E-state index in [0.717, 1.165) is 0 Å². The van der Waals surface area contributed by atoms with Crippen molar-refractivity contribution in [1.82, 2.24) is 19.9 Å². The minimum atomic E-state index is -1.08. The largest absolute Gasteiger partial charge is 0.478 e. The fourth-order valence-corrected chi connectivity index (χ4v) is 1.87. The molecule has 9 heteroatoms. The van der Waals surface area contributed by atoms with Crippen LogP contribution >= 0.6 is 0 Å². The third kappa shape index (κ3) is 1.94. The van der Waals surface area contributed by atoms with Gasteiger partial charge in [0.15, 0.2) is 5.65 Å². The number of urea groups is 1. The highest BCUT2D eigenvalue weighted by molar-refractivity contribution is 6.04. The Morgan fingerprint density at radius 2 is 2.15 bits per heavy atom. The summed E-state index contributed by atoms with van der Waals surface area (Å²) in [5.41, 5.74) is 0.474. The van der Waals surface area contributed by atoms with Crippen molar-refractivity contribution in [3.05, 3.63) is 23.9 Å². The van der Waals surface area contributed by atoms with E-state index in [9.17, 15) is 14.4 Å². The fourth-order valence-electron chi connectivity index (χ4n) is 1.87. The van der Waals surface area contributed by atoms with Gasteiger partial charge in [-0.1, -0.05) is 0 Å². The van der Waals surface area contributed by atoms with E-state index in [-0.39, 0.29) is 30.4 Å². The summed E-state index contributed by atoms with van der Waals surface area (Å²) in [5.74, 6) is -1.30. The van der Waals surface area contributed by atoms with Crippen molar-refractivity contribution in [2.75, 3.05) is 11.4 Å². The van der Waals surface area contributed by atoms with Gasteiger partial charge >= 0.3 is 12.0 Å². The summed E-state index contributed by atoms with van der Waals surface area (Å²) in [4.78, 5) is 39.0. The number of carbonyl (C=O) groups excluding carboxylic acids is 2. The van der Waals surface area contributed by atoms with E-state index in [1.54, 1.807) is 0 Å². The summed E-state index contributed by atoms with van der Waals surface area (Å²) in [6.45, 7) is 0.188. The number of carboxylic acids is 1. The van der Waals surface area contributed by atoms with E-state index < -0.39 is 12.0 Å². The molecule has 0 saturated carbocycles. The lowest BCUT2D eigenvalue weighted by atomic mass is 10.3. The SMILES string of the molecule is O=C1CCN(c2nc3ccc(C(=O)O)cn3n2)C(=O)N1. The molecule has 3 rings (SSSR count). The molecule has 1 fully saturated rings. The Morgan fingerprint density at radius 3 is 2.85 bits per heavy atom. The molecule has 1 saturated heterocycles. The minimum Gasteiger partial charge on any atom is -0.478 e. The van der Waals surface area contributed by atoms with E-state index in [4.69, 9.17) is 5.11 Å². The molecule has 0 bridgehead atoms. The number of aromatic carboxylic acids is 1. The van der Waals surface area contributed by atoms with Crippen molar-refractivity contribution in [2.45, 2.75) is 6.42 Å². The number of amides is 3. The number of hydrogen-bond acceptors (Lipinski definition) is 5. The van der Waals surface area contributed by atoms with Crippen LogP contribution in [0.3, 0.4) is 0 Å². The van der Waals surface area contributed by atoms with Crippen LogP contribution in [0.4, 0.5) is 10.7 Å². The molecular formula is C11H9N5O4. The van der Waals surface area contributed by atoms with Crippen molar-refractivity contribution in [1.29, 1.82) is 0 Å². The van der Waals surface area contributed by atoms with Gasteiger partial charge in [0.2, 0.25) is 5.91 Å². The van der Waals surface area contributed by atoms with E-state index in [0.29, 0.717) is 5.65 Å². The Hall–Kier alpha value is -2.97. The van der Waals surface area contributed by atoms with Crippen molar-refractivity contribution in [3.8, 4) is 0 Å². The topological polar surface area (TPSA) is 117 Å². The molecule has 2 aromatic rings. The molecule has 0 spiro atoms. The van der Waals surface area contributed by atoms with Gasteiger partial charge in [-0.2, -0.15) is 4.98 Å². The molecule has 9 nitrogen and oxygen atoms in total. The van der Waals surface area contributed by atoms with Gasteiger partial charge in [0, 0.05) is 19.2 Å². The van der Waals surface area contributed by atoms with Crippen LogP contribution in [-0.4, -0.2) is 44.2 Å². The highest BCUT2D eigenvalue weighted by Gasteiger charge is 2.27. The van der Waals surface area contributed by atoms with Gasteiger partial charge in [0.05, 0.1) is 5.56 Å². The number of fused-ring (bicyclic) bond motifs is 1. The molecule has 102 valence electrons. The molecule has 0 radical (unpaired) electrons. The highest BCUT2D eigenvalue weighted by Crippen LogP contribution is 2.14. The molecule has 0 unspecified atom stereocenters. The van der Waals surface area contributed by atoms with Gasteiger partial charge in [-0.15, -0.1) is 5.10 Å². The molecule has 1 aliphatic heterocycles. The average molecular weight is 275 g/mol. The summed E-state index contributed by atoms with van der Waals surface area (Å²) in [7, 11) is 0. The second kappa shape index (κ2) is 4.30. The number of carboxylic acid groups (broad SMARTS) is 1. The van der Waals surface area contributed by atoms with Crippen LogP contribution in [0.1, 0.15) is 16.8 Å². The average Bonchev–Trinajstić information content (AvgIpc) is 2.80. The Balaban J connectivity index is 1.98. The Labute approximate surface area is 111 Å². The molecule has 3 amide bonds. The number of anilines is 1. The van der Waals surface area contributed by atoms with Crippen molar-refractivity contribution in [3.63, 3.8) is 0 Å². The molecule has 3 heterocycles. The zero-order valence-electron chi connectivity index (χ0n) is 10.1. The summed E-state index contributed by atoms with van der Waals surface area (Å²) in [5, 5.41) is 15.1. The van der Waals surface area contributed by atoms with E-state index in [1.807, 2.05) is 0 Å². The number of aromatic nitrogens is 3. The van der Waals surface area contributed by atoms with Crippen LogP contribution in [0.2, 0.25) is 0 Å². The molecule has 0 aliphatic carbocycles. The first-order valence-electron chi connectivity index (χ1n) is 5.75. The number of pyridine rings is 1. The smallest absolute Gasteiger partial charge is 0.337 e. The molecule has 2 aromatic heterocycles. The summed E-state index contributed by atoms with van der Waals surface area (Å²) < 4.78 is 1.28. The predicted molar refractivity (Wildman–Crippen MR) is 65.4 cm³/mol. The maximum atomic E-state index is 11.7. The number of rotatable bonds is 2. The maximum Gasteiger partial charge on any atom is 0.337 e.